The van der Waals surface area contributed by atoms with Crippen LogP contribution in [0.4, 0.5) is 0 Å². The minimum absolute atomic E-state index is 0.309. The molecule has 6 atom stereocenters. The summed E-state index contributed by atoms with van der Waals surface area (Å²) in [5.74, 6) is 2.57. The van der Waals surface area contributed by atoms with Crippen LogP contribution in [0, 0.1) is 5.92 Å². The topological polar surface area (TPSA) is 62.2 Å². The maximum Gasteiger partial charge on any atom is 0.231 e. The molecule has 1 aromatic rings. The van der Waals surface area contributed by atoms with Gasteiger partial charge < -0.3 is 19.7 Å². The van der Waals surface area contributed by atoms with Gasteiger partial charge in [-0.25, -0.2) is 0 Å². The van der Waals surface area contributed by atoms with Gasteiger partial charge in [-0.1, -0.05) is 0 Å². The summed E-state index contributed by atoms with van der Waals surface area (Å²) in [5.41, 5.74) is 2.67. The highest BCUT2D eigenvalue weighted by Gasteiger charge is 2.50. The van der Waals surface area contributed by atoms with Gasteiger partial charge in [0, 0.05) is 25.0 Å². The van der Waals surface area contributed by atoms with Crippen molar-refractivity contribution in [2.45, 2.75) is 43.6 Å². The summed E-state index contributed by atoms with van der Waals surface area (Å²) in [6.45, 7) is 2.25. The predicted molar refractivity (Wildman–Crippen MR) is 74.2 cm³/mol. The van der Waals surface area contributed by atoms with Crippen molar-refractivity contribution in [2.24, 2.45) is 5.92 Å². The number of aliphatic hydroxyl groups excluding tert-OH is 2. The van der Waals surface area contributed by atoms with Crippen LogP contribution >= 0.6 is 0 Å². The Hall–Kier alpha value is -1.30. The third-order valence-electron chi connectivity index (χ3n) is 5.76. The molecule has 1 saturated carbocycles. The van der Waals surface area contributed by atoms with E-state index in [0.29, 0.717) is 37.5 Å². The van der Waals surface area contributed by atoms with E-state index < -0.39 is 12.2 Å². The molecule has 2 bridgehead atoms. The molecule has 2 N–H and O–H groups in total. The van der Waals surface area contributed by atoms with E-state index in [1.165, 1.54) is 11.1 Å². The molecule has 1 saturated heterocycles. The zero-order valence-corrected chi connectivity index (χ0v) is 11.7. The fourth-order valence-electron chi connectivity index (χ4n) is 4.76. The second-order valence-corrected chi connectivity index (χ2v) is 6.78. The standard InChI is InChI=1S/C16H19NO4/c18-13-2-10-11-6-17(12(10)4-14(13)19)5-8-1-15-16(3-9(8)11)21-7-20-15/h1,3,10-14,18-19H,2,4-7H2/t10-,11-,12-,13+,14-/m0/s1. The van der Waals surface area contributed by atoms with Crippen molar-refractivity contribution in [1.29, 1.82) is 0 Å². The van der Waals surface area contributed by atoms with Crippen molar-refractivity contribution < 1.29 is 19.7 Å². The summed E-state index contributed by atoms with van der Waals surface area (Å²) < 4.78 is 11.0. The Kier molecular flexibility index (Phi) is 2.41. The first-order valence-corrected chi connectivity index (χ1v) is 7.73. The molecular weight excluding hydrogens is 270 g/mol. The lowest BCUT2D eigenvalue weighted by atomic mass is 9.75. The SMILES string of the molecule is O[C@@H]1C[C@H]2[C@H]3CN(Cc4cc5c(cc43)OCO5)[C@H]2C[C@@H]1O. The number of nitrogens with zero attached hydrogens (tertiary/aromatic N) is 1. The van der Waals surface area contributed by atoms with Crippen molar-refractivity contribution in [3.8, 4) is 11.5 Å². The molecular formula is C16H19NO4. The number of hydrogen-bond donors (Lipinski definition) is 2. The summed E-state index contributed by atoms with van der Waals surface area (Å²) in [6, 6.07) is 4.64. The van der Waals surface area contributed by atoms with Crippen LogP contribution in [0.25, 0.3) is 0 Å². The summed E-state index contributed by atoms with van der Waals surface area (Å²) in [7, 11) is 0. The molecule has 3 aliphatic heterocycles. The minimum Gasteiger partial charge on any atom is -0.454 e. The molecule has 0 radical (unpaired) electrons. The Morgan fingerprint density at radius 1 is 1.05 bits per heavy atom. The molecule has 21 heavy (non-hydrogen) atoms. The highest BCUT2D eigenvalue weighted by atomic mass is 16.7. The van der Waals surface area contributed by atoms with E-state index in [1.807, 2.05) is 0 Å². The zero-order valence-electron chi connectivity index (χ0n) is 11.7. The van der Waals surface area contributed by atoms with Crippen LogP contribution in [0.3, 0.4) is 0 Å². The van der Waals surface area contributed by atoms with E-state index >= 15 is 0 Å². The van der Waals surface area contributed by atoms with Gasteiger partial charge in [0.1, 0.15) is 0 Å². The largest absolute Gasteiger partial charge is 0.454 e. The highest BCUT2D eigenvalue weighted by Crippen LogP contribution is 2.51. The molecule has 0 aromatic heterocycles. The van der Waals surface area contributed by atoms with E-state index in [1.54, 1.807) is 0 Å². The van der Waals surface area contributed by atoms with E-state index in [-0.39, 0.29) is 0 Å². The third kappa shape index (κ3) is 1.62. The number of hydrogen-bond acceptors (Lipinski definition) is 5. The molecule has 5 rings (SSSR count). The van der Waals surface area contributed by atoms with Crippen molar-refractivity contribution in [3.63, 3.8) is 0 Å². The molecule has 5 heteroatoms. The molecule has 0 amide bonds. The lowest BCUT2D eigenvalue weighted by Gasteiger charge is -2.36. The lowest BCUT2D eigenvalue weighted by Crippen LogP contribution is -2.44. The maximum atomic E-state index is 10.0. The Morgan fingerprint density at radius 3 is 2.67 bits per heavy atom. The van der Waals surface area contributed by atoms with Crippen LogP contribution in [0.15, 0.2) is 12.1 Å². The summed E-state index contributed by atoms with van der Waals surface area (Å²) >= 11 is 0. The van der Waals surface area contributed by atoms with Gasteiger partial charge in [-0.3, -0.25) is 4.90 Å². The quantitative estimate of drug-likeness (QED) is 0.741. The summed E-state index contributed by atoms with van der Waals surface area (Å²) in [6.07, 6.45) is 0.221. The zero-order chi connectivity index (χ0) is 14.1. The van der Waals surface area contributed by atoms with Gasteiger partial charge in [-0.2, -0.15) is 0 Å². The van der Waals surface area contributed by atoms with E-state index in [9.17, 15) is 10.2 Å². The van der Waals surface area contributed by atoms with Gasteiger partial charge in [0.25, 0.3) is 0 Å². The van der Waals surface area contributed by atoms with Crippen LogP contribution in [0.1, 0.15) is 29.9 Å². The maximum absolute atomic E-state index is 10.0. The van der Waals surface area contributed by atoms with Gasteiger partial charge in [-0.15, -0.1) is 0 Å². The highest BCUT2D eigenvalue weighted by molar-refractivity contribution is 5.51. The smallest absolute Gasteiger partial charge is 0.231 e. The van der Waals surface area contributed by atoms with Crippen LogP contribution in [-0.4, -0.2) is 46.7 Å². The molecule has 1 aromatic carbocycles. The minimum atomic E-state index is -0.579. The number of benzene rings is 1. The second-order valence-electron chi connectivity index (χ2n) is 6.78. The average molecular weight is 289 g/mol. The Labute approximate surface area is 123 Å². The van der Waals surface area contributed by atoms with Gasteiger partial charge in [-0.05, 0) is 42.0 Å². The second kappa shape index (κ2) is 4.12. The van der Waals surface area contributed by atoms with Gasteiger partial charge in [0.15, 0.2) is 11.5 Å². The van der Waals surface area contributed by atoms with Crippen LogP contribution in [0.5, 0.6) is 11.5 Å². The number of aliphatic hydroxyl groups is 2. The van der Waals surface area contributed by atoms with Crippen molar-refractivity contribution in [2.75, 3.05) is 13.3 Å². The molecule has 112 valence electrons. The summed E-state index contributed by atoms with van der Waals surface area (Å²) in [5, 5.41) is 20.0. The number of ether oxygens (including phenoxy) is 2. The number of fused-ring (bicyclic) bond motifs is 8. The first-order chi connectivity index (χ1) is 10.2. The Balaban J connectivity index is 1.57. The molecule has 0 spiro atoms. The number of rotatable bonds is 0. The van der Waals surface area contributed by atoms with E-state index in [4.69, 9.17) is 9.47 Å². The van der Waals surface area contributed by atoms with Gasteiger partial charge in [0.05, 0.1) is 12.2 Å². The molecule has 4 aliphatic rings. The molecule has 1 aliphatic carbocycles. The van der Waals surface area contributed by atoms with Crippen molar-refractivity contribution in [3.05, 3.63) is 23.3 Å². The Bertz CT molecular complexity index is 604. The first-order valence-electron chi connectivity index (χ1n) is 7.73. The molecule has 2 fully saturated rings. The van der Waals surface area contributed by atoms with Crippen LogP contribution in [-0.2, 0) is 6.54 Å². The first kappa shape index (κ1) is 12.3. The fraction of sp³-hybridized carbons (Fsp3) is 0.625. The summed E-state index contributed by atoms with van der Waals surface area (Å²) in [4.78, 5) is 2.47. The molecule has 5 nitrogen and oxygen atoms in total. The molecule has 1 unspecified atom stereocenters. The van der Waals surface area contributed by atoms with Gasteiger partial charge >= 0.3 is 0 Å². The van der Waals surface area contributed by atoms with Crippen LogP contribution < -0.4 is 9.47 Å². The monoisotopic (exact) mass is 289 g/mol. The normalized spacial score (nSPS) is 42.6. The predicted octanol–water partition coefficient (Wildman–Crippen LogP) is 0.829. The van der Waals surface area contributed by atoms with Crippen molar-refractivity contribution in [1.82, 2.24) is 4.90 Å². The van der Waals surface area contributed by atoms with E-state index in [0.717, 1.165) is 24.6 Å². The van der Waals surface area contributed by atoms with E-state index in [2.05, 4.69) is 17.0 Å². The van der Waals surface area contributed by atoms with Crippen LogP contribution in [0.2, 0.25) is 0 Å². The average Bonchev–Trinajstić information content (AvgIpc) is 3.03. The van der Waals surface area contributed by atoms with Gasteiger partial charge in [0.2, 0.25) is 6.79 Å². The molecule has 3 heterocycles. The lowest BCUT2D eigenvalue weighted by molar-refractivity contribution is -0.0449. The fourth-order valence-corrected chi connectivity index (χ4v) is 4.76. The third-order valence-corrected chi connectivity index (χ3v) is 5.76. The van der Waals surface area contributed by atoms with Crippen molar-refractivity contribution >= 4 is 0 Å². The Morgan fingerprint density at radius 2 is 1.81 bits per heavy atom.